The van der Waals surface area contributed by atoms with E-state index in [1.165, 1.54) is 19.2 Å². The normalized spacial score (nSPS) is 12.6. The van der Waals surface area contributed by atoms with Crippen LogP contribution in [0.25, 0.3) is 0 Å². The molecule has 3 aromatic rings. The van der Waals surface area contributed by atoms with Gasteiger partial charge in [-0.3, -0.25) is 9.59 Å². The van der Waals surface area contributed by atoms with E-state index in [4.69, 9.17) is 18.9 Å². The minimum Gasteiger partial charge on any atom is -0.506 e. The minimum atomic E-state index is -1.02. The fraction of sp³-hybridized carbons (Fsp3) is 0.269. The number of nitrogens with one attached hydrogen (secondary N) is 2. The van der Waals surface area contributed by atoms with Crippen molar-refractivity contribution in [2.75, 3.05) is 20.5 Å². The highest BCUT2D eigenvalue weighted by molar-refractivity contribution is 5.92. The summed E-state index contributed by atoms with van der Waals surface area (Å²) >= 11 is 0. The molecule has 1 amide bonds. The average molecular weight is 510 g/mol. The summed E-state index contributed by atoms with van der Waals surface area (Å²) in [7, 11) is 1.38. The Labute approximate surface area is 211 Å². The molecule has 11 nitrogen and oxygen atoms in total. The molecule has 1 aromatic heterocycles. The van der Waals surface area contributed by atoms with Gasteiger partial charge in [0, 0.05) is 25.1 Å². The largest absolute Gasteiger partial charge is 0.506 e. The van der Waals surface area contributed by atoms with Gasteiger partial charge in [0.2, 0.25) is 12.7 Å². The fourth-order valence-corrected chi connectivity index (χ4v) is 4.04. The predicted octanol–water partition coefficient (Wildman–Crippen LogP) is 2.54. The number of amides is 1. The van der Waals surface area contributed by atoms with Gasteiger partial charge in [-0.15, -0.1) is 0 Å². The number of aromatic hydroxyl groups is 2. The molecule has 0 radical (unpaired) electrons. The molecule has 2 aromatic carbocycles. The van der Waals surface area contributed by atoms with Gasteiger partial charge in [-0.25, -0.2) is 4.79 Å². The highest BCUT2D eigenvalue weighted by Crippen LogP contribution is 2.37. The van der Waals surface area contributed by atoms with E-state index in [2.05, 4.69) is 10.3 Å². The van der Waals surface area contributed by atoms with Crippen molar-refractivity contribution in [2.45, 2.75) is 25.8 Å². The highest BCUT2D eigenvalue weighted by atomic mass is 16.7. The minimum absolute atomic E-state index is 0.0603. The van der Waals surface area contributed by atoms with Crippen molar-refractivity contribution in [3.05, 3.63) is 75.2 Å². The molecule has 1 aliphatic rings. The van der Waals surface area contributed by atoms with Crippen molar-refractivity contribution in [1.82, 2.24) is 10.3 Å². The zero-order valence-electron chi connectivity index (χ0n) is 20.2. The number of rotatable bonds is 9. The van der Waals surface area contributed by atoms with E-state index in [1.807, 2.05) is 0 Å². The number of benzene rings is 2. The van der Waals surface area contributed by atoms with Gasteiger partial charge in [0.25, 0.3) is 5.56 Å². The van der Waals surface area contributed by atoms with Gasteiger partial charge >= 0.3 is 5.97 Å². The SMILES string of the molecule is CCOC(=O)c1c[nH]c(=O)c([C@@H](CC(=O)NCc2ccc3c(c2)OCO3)c2ccc(OC)c(O)c2)c1O. The predicted molar refractivity (Wildman–Crippen MR) is 130 cm³/mol. The van der Waals surface area contributed by atoms with Crippen LogP contribution in [0.4, 0.5) is 0 Å². The first-order valence-electron chi connectivity index (χ1n) is 11.5. The lowest BCUT2D eigenvalue weighted by molar-refractivity contribution is -0.121. The number of pyridine rings is 1. The standard InChI is InChI=1S/C26H26N2O9/c1-3-35-26(33)17-12-28-25(32)23(24(17)31)16(15-5-7-19(34-2)18(29)9-15)10-22(30)27-11-14-4-6-20-21(8-14)37-13-36-20/h4-9,12,16,29H,3,10-11,13H2,1-2H3,(H,27,30)(H2,28,31,32)/t16-/m0/s1. The summed E-state index contributed by atoms with van der Waals surface area (Å²) in [5, 5.41) is 24.0. The van der Waals surface area contributed by atoms with Gasteiger partial charge in [-0.05, 0) is 42.3 Å². The third-order valence-corrected chi connectivity index (χ3v) is 5.87. The molecule has 4 N–H and O–H groups in total. The Hall–Kier alpha value is -4.67. The number of carbonyl (C=O) groups excluding carboxylic acids is 2. The molecule has 194 valence electrons. The molecule has 1 atom stereocenters. The first-order chi connectivity index (χ1) is 17.8. The number of fused-ring (bicyclic) bond motifs is 1. The zero-order chi connectivity index (χ0) is 26.5. The number of methoxy groups -OCH3 is 1. The van der Waals surface area contributed by atoms with Crippen LogP contribution in [0.2, 0.25) is 0 Å². The van der Waals surface area contributed by atoms with Crippen LogP contribution in [-0.2, 0) is 16.1 Å². The van der Waals surface area contributed by atoms with E-state index in [0.29, 0.717) is 17.1 Å². The Morgan fingerprint density at radius 2 is 1.92 bits per heavy atom. The molecule has 0 bridgehead atoms. The number of carbonyl (C=O) groups is 2. The van der Waals surface area contributed by atoms with Crippen LogP contribution in [0.5, 0.6) is 28.7 Å². The molecule has 4 rings (SSSR count). The van der Waals surface area contributed by atoms with E-state index < -0.39 is 29.1 Å². The summed E-state index contributed by atoms with van der Waals surface area (Å²) in [6.07, 6.45) is 0.778. The number of esters is 1. The van der Waals surface area contributed by atoms with Gasteiger partial charge in [-0.2, -0.15) is 0 Å². The van der Waals surface area contributed by atoms with Gasteiger partial charge in [-0.1, -0.05) is 12.1 Å². The van der Waals surface area contributed by atoms with Crippen molar-refractivity contribution in [2.24, 2.45) is 0 Å². The van der Waals surface area contributed by atoms with Crippen LogP contribution in [0.3, 0.4) is 0 Å². The maximum Gasteiger partial charge on any atom is 0.343 e. The van der Waals surface area contributed by atoms with Crippen molar-refractivity contribution in [3.63, 3.8) is 0 Å². The van der Waals surface area contributed by atoms with E-state index >= 15 is 0 Å². The molecule has 11 heteroatoms. The fourth-order valence-electron chi connectivity index (χ4n) is 4.04. The molecule has 0 aliphatic carbocycles. The second-order valence-corrected chi connectivity index (χ2v) is 8.17. The summed E-state index contributed by atoms with van der Waals surface area (Å²) in [6.45, 7) is 1.96. The van der Waals surface area contributed by atoms with Crippen LogP contribution in [0.15, 0.2) is 47.4 Å². The second-order valence-electron chi connectivity index (χ2n) is 8.17. The number of phenols is 1. The molecule has 37 heavy (non-hydrogen) atoms. The van der Waals surface area contributed by atoms with Crippen LogP contribution >= 0.6 is 0 Å². The van der Waals surface area contributed by atoms with Crippen LogP contribution in [0.1, 0.15) is 46.3 Å². The van der Waals surface area contributed by atoms with Crippen molar-refractivity contribution >= 4 is 11.9 Å². The third-order valence-electron chi connectivity index (χ3n) is 5.87. The molecular weight excluding hydrogens is 484 g/mol. The van der Waals surface area contributed by atoms with Crippen molar-refractivity contribution in [3.8, 4) is 28.7 Å². The second kappa shape index (κ2) is 10.9. The third kappa shape index (κ3) is 5.45. The topological polar surface area (TPSA) is 156 Å². The molecule has 1 aliphatic heterocycles. The first kappa shape index (κ1) is 25.4. The van der Waals surface area contributed by atoms with Crippen LogP contribution in [0, 0.1) is 0 Å². The molecule has 0 unspecified atom stereocenters. The van der Waals surface area contributed by atoms with E-state index in [1.54, 1.807) is 31.2 Å². The van der Waals surface area contributed by atoms with Crippen LogP contribution in [-0.4, -0.2) is 47.6 Å². The molecule has 0 spiro atoms. The Bertz CT molecular complexity index is 1380. The quantitative estimate of drug-likeness (QED) is 0.318. The first-order valence-corrected chi connectivity index (χ1v) is 11.5. The summed E-state index contributed by atoms with van der Waals surface area (Å²) in [5.74, 6) is -1.75. The Kier molecular flexibility index (Phi) is 7.52. The van der Waals surface area contributed by atoms with Gasteiger partial charge in [0.1, 0.15) is 11.3 Å². The van der Waals surface area contributed by atoms with Gasteiger partial charge < -0.3 is 39.5 Å². The number of ether oxygens (including phenoxy) is 4. The molecule has 2 heterocycles. The lowest BCUT2D eigenvalue weighted by Crippen LogP contribution is -2.27. The molecular formula is C26H26N2O9. The summed E-state index contributed by atoms with van der Waals surface area (Å²) in [6, 6.07) is 9.65. The smallest absolute Gasteiger partial charge is 0.343 e. The van der Waals surface area contributed by atoms with E-state index in [9.17, 15) is 24.6 Å². The lowest BCUT2D eigenvalue weighted by Gasteiger charge is -2.20. The average Bonchev–Trinajstić information content (AvgIpc) is 3.35. The maximum atomic E-state index is 13.0. The maximum absolute atomic E-state index is 13.0. The molecule has 0 fully saturated rings. The number of phenolic OH excluding ortho intramolecular Hbond substituents is 1. The summed E-state index contributed by atoms with van der Waals surface area (Å²) in [5.41, 5.74) is -0.0534. The Morgan fingerprint density at radius 3 is 2.65 bits per heavy atom. The summed E-state index contributed by atoms with van der Waals surface area (Å²) < 4.78 is 20.7. The Morgan fingerprint density at radius 1 is 1.14 bits per heavy atom. The van der Waals surface area contributed by atoms with Gasteiger partial charge in [0.15, 0.2) is 23.0 Å². The number of H-pyrrole nitrogens is 1. The zero-order valence-corrected chi connectivity index (χ0v) is 20.2. The number of aromatic nitrogens is 1. The van der Waals surface area contributed by atoms with Crippen LogP contribution < -0.4 is 25.1 Å². The monoisotopic (exact) mass is 510 g/mol. The van der Waals surface area contributed by atoms with Crippen molar-refractivity contribution in [1.29, 1.82) is 0 Å². The molecule has 0 saturated heterocycles. The highest BCUT2D eigenvalue weighted by Gasteiger charge is 2.29. The Balaban J connectivity index is 1.65. The number of aromatic amines is 1. The lowest BCUT2D eigenvalue weighted by atomic mass is 9.87. The number of hydrogen-bond donors (Lipinski definition) is 4. The summed E-state index contributed by atoms with van der Waals surface area (Å²) in [4.78, 5) is 40.6. The molecule has 0 saturated carbocycles. The van der Waals surface area contributed by atoms with Gasteiger partial charge in [0.05, 0.1) is 19.3 Å². The van der Waals surface area contributed by atoms with Crippen molar-refractivity contribution < 1.29 is 38.7 Å². The van der Waals surface area contributed by atoms with E-state index in [-0.39, 0.29) is 49.0 Å². The van der Waals surface area contributed by atoms with E-state index in [0.717, 1.165) is 11.8 Å². The number of hydrogen-bond acceptors (Lipinski definition) is 9.